The topological polar surface area (TPSA) is 87.8 Å². The van der Waals surface area contributed by atoms with Gasteiger partial charge in [0, 0.05) is 32.6 Å². The second kappa shape index (κ2) is 6.48. The van der Waals surface area contributed by atoms with Crippen molar-refractivity contribution in [1.82, 2.24) is 18.7 Å². The van der Waals surface area contributed by atoms with Gasteiger partial charge in [0.05, 0.1) is 0 Å². The van der Waals surface area contributed by atoms with Crippen molar-refractivity contribution in [3.05, 3.63) is 26.7 Å². The molecular formula is C15H25N5O2. The molecule has 0 spiro atoms. The molecule has 0 aliphatic carbocycles. The van der Waals surface area contributed by atoms with Crippen LogP contribution >= 0.6 is 0 Å². The van der Waals surface area contributed by atoms with Crippen molar-refractivity contribution < 1.29 is 0 Å². The van der Waals surface area contributed by atoms with Crippen molar-refractivity contribution in [1.29, 1.82) is 0 Å². The number of rotatable bonds is 6. The Kier molecular flexibility index (Phi) is 4.85. The highest BCUT2D eigenvalue weighted by molar-refractivity contribution is 5.71. The second-order valence-corrected chi connectivity index (χ2v) is 5.81. The van der Waals surface area contributed by atoms with E-state index in [1.807, 2.05) is 18.4 Å². The van der Waals surface area contributed by atoms with Crippen LogP contribution in [0.3, 0.4) is 0 Å². The van der Waals surface area contributed by atoms with E-state index >= 15 is 0 Å². The van der Waals surface area contributed by atoms with Crippen LogP contribution < -0.4 is 17.0 Å². The van der Waals surface area contributed by atoms with Crippen LogP contribution in [0.15, 0.2) is 9.59 Å². The Morgan fingerprint density at radius 1 is 1.09 bits per heavy atom. The first-order valence-corrected chi connectivity index (χ1v) is 7.88. The zero-order valence-corrected chi connectivity index (χ0v) is 13.8. The van der Waals surface area contributed by atoms with Crippen molar-refractivity contribution in [2.75, 3.05) is 6.54 Å². The average molecular weight is 307 g/mol. The summed E-state index contributed by atoms with van der Waals surface area (Å²) >= 11 is 0. The van der Waals surface area contributed by atoms with Crippen LogP contribution in [-0.2, 0) is 26.1 Å². The Morgan fingerprint density at radius 2 is 1.73 bits per heavy atom. The second-order valence-electron chi connectivity index (χ2n) is 5.81. The highest BCUT2D eigenvalue weighted by atomic mass is 16.2. The van der Waals surface area contributed by atoms with Gasteiger partial charge in [0.25, 0.3) is 5.56 Å². The summed E-state index contributed by atoms with van der Waals surface area (Å²) in [5.41, 5.74) is 5.92. The first kappa shape index (κ1) is 16.5. The normalized spacial score (nSPS) is 11.7. The monoisotopic (exact) mass is 307 g/mol. The maximum atomic E-state index is 12.7. The number of fused-ring (bicyclic) bond motifs is 1. The molecule has 0 saturated heterocycles. The van der Waals surface area contributed by atoms with Crippen LogP contribution in [0.4, 0.5) is 0 Å². The number of aromatic nitrogens is 4. The molecule has 2 aromatic rings. The molecule has 0 saturated carbocycles. The van der Waals surface area contributed by atoms with Gasteiger partial charge in [-0.2, -0.15) is 0 Å². The molecule has 7 nitrogen and oxygen atoms in total. The molecular weight excluding hydrogens is 282 g/mol. The first-order chi connectivity index (χ1) is 10.5. The van der Waals surface area contributed by atoms with Gasteiger partial charge in [-0.15, -0.1) is 0 Å². The fourth-order valence-corrected chi connectivity index (χ4v) is 2.81. The number of hydrogen-bond donors (Lipinski definition) is 1. The fourth-order valence-electron chi connectivity index (χ4n) is 2.81. The summed E-state index contributed by atoms with van der Waals surface area (Å²) < 4.78 is 4.71. The molecule has 0 aromatic carbocycles. The first-order valence-electron chi connectivity index (χ1n) is 7.88. The Bertz CT molecular complexity index is 782. The quantitative estimate of drug-likeness (QED) is 0.844. The van der Waals surface area contributed by atoms with Gasteiger partial charge < -0.3 is 10.3 Å². The van der Waals surface area contributed by atoms with Crippen LogP contribution in [0.25, 0.3) is 11.2 Å². The smallest absolute Gasteiger partial charge is 0.329 e. The SMILES string of the molecule is CCn1c(CC(C)C)nc2c1c(=O)n(CCN)c(=O)n2CC. The van der Waals surface area contributed by atoms with E-state index in [1.165, 1.54) is 4.57 Å². The molecule has 0 aliphatic rings. The summed E-state index contributed by atoms with van der Waals surface area (Å²) in [4.78, 5) is 29.8. The Labute approximate surface area is 129 Å². The molecule has 0 bridgehead atoms. The summed E-state index contributed by atoms with van der Waals surface area (Å²) in [6, 6.07) is 0. The van der Waals surface area contributed by atoms with Crippen molar-refractivity contribution >= 4 is 11.2 Å². The van der Waals surface area contributed by atoms with Gasteiger partial charge in [0.15, 0.2) is 11.2 Å². The van der Waals surface area contributed by atoms with Crippen LogP contribution in [0.1, 0.15) is 33.5 Å². The lowest BCUT2D eigenvalue weighted by atomic mass is 10.1. The molecule has 2 N–H and O–H groups in total. The minimum Gasteiger partial charge on any atom is -0.329 e. The third kappa shape index (κ3) is 2.61. The molecule has 0 amide bonds. The zero-order chi connectivity index (χ0) is 16.4. The maximum Gasteiger partial charge on any atom is 0.332 e. The summed E-state index contributed by atoms with van der Waals surface area (Å²) in [5, 5.41) is 0. The minimum absolute atomic E-state index is 0.224. The highest BCUT2D eigenvalue weighted by Gasteiger charge is 2.20. The largest absolute Gasteiger partial charge is 0.332 e. The average Bonchev–Trinajstić information content (AvgIpc) is 2.81. The Hall–Kier alpha value is -1.89. The van der Waals surface area contributed by atoms with E-state index in [0.29, 0.717) is 30.2 Å². The van der Waals surface area contributed by atoms with Crippen LogP contribution in [0.5, 0.6) is 0 Å². The number of imidazole rings is 1. The molecule has 0 radical (unpaired) electrons. The molecule has 2 rings (SSSR count). The van der Waals surface area contributed by atoms with Gasteiger partial charge in [-0.1, -0.05) is 13.8 Å². The van der Waals surface area contributed by atoms with Gasteiger partial charge in [-0.25, -0.2) is 9.78 Å². The van der Waals surface area contributed by atoms with Crippen molar-refractivity contribution in [2.45, 2.75) is 53.8 Å². The highest BCUT2D eigenvalue weighted by Crippen LogP contribution is 2.15. The van der Waals surface area contributed by atoms with E-state index < -0.39 is 0 Å². The lowest BCUT2D eigenvalue weighted by Gasteiger charge is -2.10. The Morgan fingerprint density at radius 3 is 2.23 bits per heavy atom. The fraction of sp³-hybridized carbons (Fsp3) is 0.667. The molecule has 0 unspecified atom stereocenters. The Balaban J connectivity index is 2.90. The van der Waals surface area contributed by atoms with E-state index in [-0.39, 0.29) is 24.3 Å². The summed E-state index contributed by atoms with van der Waals surface area (Å²) in [6.07, 6.45) is 0.775. The zero-order valence-electron chi connectivity index (χ0n) is 13.8. The molecule has 2 aromatic heterocycles. The van der Waals surface area contributed by atoms with Crippen molar-refractivity contribution in [2.24, 2.45) is 11.7 Å². The van der Waals surface area contributed by atoms with Gasteiger partial charge in [0.1, 0.15) is 5.82 Å². The van der Waals surface area contributed by atoms with Crippen molar-refractivity contribution in [3.63, 3.8) is 0 Å². The van der Waals surface area contributed by atoms with Gasteiger partial charge in [0.2, 0.25) is 0 Å². The van der Waals surface area contributed by atoms with E-state index in [1.54, 1.807) is 4.57 Å². The van der Waals surface area contributed by atoms with E-state index in [0.717, 1.165) is 12.2 Å². The number of nitrogens with two attached hydrogens (primary N) is 1. The van der Waals surface area contributed by atoms with E-state index in [4.69, 9.17) is 5.73 Å². The van der Waals surface area contributed by atoms with Crippen LogP contribution in [0, 0.1) is 5.92 Å². The summed E-state index contributed by atoms with van der Waals surface area (Å²) in [5.74, 6) is 1.28. The molecule has 2 heterocycles. The summed E-state index contributed by atoms with van der Waals surface area (Å²) in [7, 11) is 0. The van der Waals surface area contributed by atoms with Gasteiger partial charge in [-0.05, 0) is 19.8 Å². The maximum absolute atomic E-state index is 12.7. The third-order valence-electron chi connectivity index (χ3n) is 3.77. The van der Waals surface area contributed by atoms with Crippen LogP contribution in [0.2, 0.25) is 0 Å². The number of hydrogen-bond acceptors (Lipinski definition) is 4. The van der Waals surface area contributed by atoms with Crippen molar-refractivity contribution in [3.8, 4) is 0 Å². The third-order valence-corrected chi connectivity index (χ3v) is 3.77. The van der Waals surface area contributed by atoms with E-state index in [9.17, 15) is 9.59 Å². The summed E-state index contributed by atoms with van der Waals surface area (Å²) in [6.45, 7) is 9.69. The molecule has 7 heteroatoms. The minimum atomic E-state index is -0.331. The van der Waals surface area contributed by atoms with Crippen LogP contribution in [-0.4, -0.2) is 25.2 Å². The number of nitrogens with zero attached hydrogens (tertiary/aromatic N) is 4. The number of aryl methyl sites for hydroxylation is 2. The van der Waals surface area contributed by atoms with Gasteiger partial charge in [-0.3, -0.25) is 13.9 Å². The molecule has 122 valence electrons. The standard InChI is InChI=1S/C15H25N5O2/c1-5-18-11(9-10(3)4)17-13-12(18)14(21)20(8-7-16)15(22)19(13)6-2/h10H,5-9,16H2,1-4H3. The molecule has 0 atom stereocenters. The molecule has 22 heavy (non-hydrogen) atoms. The molecule has 0 fully saturated rings. The van der Waals surface area contributed by atoms with E-state index in [2.05, 4.69) is 18.8 Å². The predicted octanol–water partition coefficient (Wildman–Crippen LogP) is 0.557. The predicted molar refractivity (Wildman–Crippen MR) is 87.2 cm³/mol. The lowest BCUT2D eigenvalue weighted by Crippen LogP contribution is -2.41. The molecule has 0 aliphatic heterocycles. The van der Waals surface area contributed by atoms with Gasteiger partial charge >= 0.3 is 5.69 Å². The lowest BCUT2D eigenvalue weighted by molar-refractivity contribution is 0.581.